The van der Waals surface area contributed by atoms with Crippen LogP contribution in [0.15, 0.2) is 0 Å². The molecule has 0 bridgehead atoms. The molecule has 1 aliphatic heterocycles. The van der Waals surface area contributed by atoms with Gasteiger partial charge >= 0.3 is 5.97 Å². The van der Waals surface area contributed by atoms with E-state index in [1.807, 2.05) is 0 Å². The quantitative estimate of drug-likeness (QED) is 0.675. The maximum atomic E-state index is 11.4. The molecule has 1 unspecified atom stereocenters. The topological polar surface area (TPSA) is 89.5 Å². The molecule has 1 N–H and O–H groups in total. The summed E-state index contributed by atoms with van der Waals surface area (Å²) in [5.41, 5.74) is 0. The Labute approximate surface area is 101 Å². The van der Waals surface area contributed by atoms with E-state index in [9.17, 15) is 18.0 Å². The summed E-state index contributed by atoms with van der Waals surface area (Å²) in [5.74, 6) is -0.690. The first-order valence-electron chi connectivity index (χ1n) is 5.55. The Morgan fingerprint density at radius 3 is 2.65 bits per heavy atom. The molecule has 0 aromatic heterocycles. The van der Waals surface area contributed by atoms with E-state index in [1.54, 1.807) is 6.92 Å². The highest BCUT2D eigenvalue weighted by Crippen LogP contribution is 2.21. The molecule has 1 saturated heterocycles. The molecule has 0 aromatic carbocycles. The average Bonchev–Trinajstić information content (AvgIpc) is 2.55. The van der Waals surface area contributed by atoms with E-state index in [4.69, 9.17) is 0 Å². The third-order valence-electron chi connectivity index (χ3n) is 2.54. The first-order chi connectivity index (χ1) is 7.93. The number of amides is 1. The minimum Gasteiger partial charge on any atom is -0.465 e. The number of nitrogens with one attached hydrogen (secondary N) is 1. The molecule has 0 aliphatic carbocycles. The van der Waals surface area contributed by atoms with Gasteiger partial charge in [-0.15, -0.1) is 0 Å². The van der Waals surface area contributed by atoms with Crippen molar-refractivity contribution in [2.24, 2.45) is 5.92 Å². The number of rotatable bonds is 5. The molecule has 1 atom stereocenters. The molecule has 0 spiro atoms. The molecule has 7 heteroatoms. The van der Waals surface area contributed by atoms with Crippen LogP contribution in [-0.4, -0.2) is 45.0 Å². The average molecular weight is 263 g/mol. The second-order valence-corrected chi connectivity index (χ2v) is 6.28. The fourth-order valence-electron chi connectivity index (χ4n) is 1.75. The number of hydrogen-bond acceptors (Lipinski definition) is 5. The smallest absolute Gasteiger partial charge is 0.325 e. The lowest BCUT2D eigenvalue weighted by Gasteiger charge is -2.08. The lowest BCUT2D eigenvalue weighted by Crippen LogP contribution is -2.32. The fraction of sp³-hybridized carbons (Fsp3) is 0.800. The lowest BCUT2D eigenvalue weighted by molar-refractivity contribution is -0.143. The van der Waals surface area contributed by atoms with E-state index >= 15 is 0 Å². The van der Waals surface area contributed by atoms with Gasteiger partial charge in [0.25, 0.3) is 0 Å². The molecular weight excluding hydrogens is 246 g/mol. The molecule has 17 heavy (non-hydrogen) atoms. The van der Waals surface area contributed by atoms with E-state index in [-0.39, 0.29) is 42.9 Å². The highest BCUT2D eigenvalue weighted by Gasteiger charge is 2.29. The molecule has 6 nitrogen and oxygen atoms in total. The SMILES string of the molecule is CCOC(=O)CNC(=O)CC1CCS(=O)(=O)C1. The number of hydrogen-bond donors (Lipinski definition) is 1. The fourth-order valence-corrected chi connectivity index (χ4v) is 3.61. The van der Waals surface area contributed by atoms with Crippen LogP contribution in [0.25, 0.3) is 0 Å². The molecule has 0 radical (unpaired) electrons. The summed E-state index contributed by atoms with van der Waals surface area (Å²) in [4.78, 5) is 22.4. The van der Waals surface area contributed by atoms with Crippen molar-refractivity contribution in [3.05, 3.63) is 0 Å². The van der Waals surface area contributed by atoms with E-state index < -0.39 is 15.8 Å². The van der Waals surface area contributed by atoms with Gasteiger partial charge < -0.3 is 10.1 Å². The van der Waals surface area contributed by atoms with Gasteiger partial charge in [-0.3, -0.25) is 9.59 Å². The van der Waals surface area contributed by atoms with E-state index in [1.165, 1.54) is 0 Å². The van der Waals surface area contributed by atoms with Crippen molar-refractivity contribution in [1.82, 2.24) is 5.32 Å². The van der Waals surface area contributed by atoms with Crippen LogP contribution in [0, 0.1) is 5.92 Å². The summed E-state index contributed by atoms with van der Waals surface area (Å²) in [6.45, 7) is 1.80. The molecule has 0 saturated carbocycles. The predicted octanol–water partition coefficient (Wildman–Crippen LogP) is -0.509. The van der Waals surface area contributed by atoms with Crippen molar-refractivity contribution in [3.63, 3.8) is 0 Å². The van der Waals surface area contributed by atoms with Crippen molar-refractivity contribution in [2.45, 2.75) is 19.8 Å². The summed E-state index contributed by atoms with van der Waals surface area (Å²) in [5, 5.41) is 2.41. The van der Waals surface area contributed by atoms with Crippen LogP contribution in [0.5, 0.6) is 0 Å². The Balaban J connectivity index is 2.24. The molecule has 98 valence electrons. The lowest BCUT2D eigenvalue weighted by atomic mass is 10.1. The predicted molar refractivity (Wildman–Crippen MR) is 61.0 cm³/mol. The number of carbonyl (C=O) groups excluding carboxylic acids is 2. The van der Waals surface area contributed by atoms with Crippen molar-refractivity contribution in [2.75, 3.05) is 24.7 Å². The van der Waals surface area contributed by atoms with Crippen LogP contribution in [-0.2, 0) is 24.2 Å². The highest BCUT2D eigenvalue weighted by molar-refractivity contribution is 7.91. The van der Waals surface area contributed by atoms with Crippen LogP contribution in [0.1, 0.15) is 19.8 Å². The first-order valence-corrected chi connectivity index (χ1v) is 7.38. The summed E-state index contributed by atoms with van der Waals surface area (Å²) in [7, 11) is -2.95. The Kier molecular flexibility index (Phi) is 4.92. The van der Waals surface area contributed by atoms with Crippen molar-refractivity contribution < 1.29 is 22.7 Å². The van der Waals surface area contributed by atoms with Crippen molar-refractivity contribution in [3.8, 4) is 0 Å². The molecule has 1 heterocycles. The van der Waals surface area contributed by atoms with Gasteiger partial charge in [-0.05, 0) is 19.3 Å². The zero-order chi connectivity index (χ0) is 12.9. The normalized spacial score (nSPS) is 22.1. The number of sulfone groups is 1. The van der Waals surface area contributed by atoms with Crippen LogP contribution in [0.4, 0.5) is 0 Å². The van der Waals surface area contributed by atoms with Gasteiger partial charge in [0.1, 0.15) is 6.54 Å². The van der Waals surface area contributed by atoms with Crippen LogP contribution < -0.4 is 5.32 Å². The molecular formula is C10H17NO5S. The molecule has 0 aromatic rings. The Hall–Kier alpha value is -1.11. The number of ether oxygens (including phenoxy) is 1. The van der Waals surface area contributed by atoms with Gasteiger partial charge in [0.05, 0.1) is 18.1 Å². The van der Waals surface area contributed by atoms with Crippen LogP contribution >= 0.6 is 0 Å². The molecule has 1 aliphatic rings. The van der Waals surface area contributed by atoms with Gasteiger partial charge in [0.2, 0.25) is 5.91 Å². The summed E-state index contributed by atoms with van der Waals surface area (Å²) >= 11 is 0. The molecule has 1 rings (SSSR count). The summed E-state index contributed by atoms with van der Waals surface area (Å²) in [6.07, 6.45) is 0.674. The zero-order valence-corrected chi connectivity index (χ0v) is 10.6. The maximum Gasteiger partial charge on any atom is 0.325 e. The van der Waals surface area contributed by atoms with Crippen molar-refractivity contribution in [1.29, 1.82) is 0 Å². The minimum atomic E-state index is -2.95. The maximum absolute atomic E-state index is 11.4. The second-order valence-electron chi connectivity index (χ2n) is 4.05. The summed E-state index contributed by atoms with van der Waals surface area (Å²) < 4.78 is 27.0. The Morgan fingerprint density at radius 1 is 1.41 bits per heavy atom. The van der Waals surface area contributed by atoms with Gasteiger partial charge in [-0.1, -0.05) is 0 Å². The third-order valence-corrected chi connectivity index (χ3v) is 4.37. The van der Waals surface area contributed by atoms with E-state index in [2.05, 4.69) is 10.1 Å². The van der Waals surface area contributed by atoms with Crippen LogP contribution in [0.2, 0.25) is 0 Å². The van der Waals surface area contributed by atoms with Gasteiger partial charge in [-0.2, -0.15) is 0 Å². The minimum absolute atomic E-state index is 0.0693. The first kappa shape index (κ1) is 14.0. The van der Waals surface area contributed by atoms with Gasteiger partial charge in [0.15, 0.2) is 9.84 Å². The van der Waals surface area contributed by atoms with Gasteiger partial charge in [-0.25, -0.2) is 8.42 Å². The number of carbonyl (C=O) groups is 2. The number of esters is 1. The monoisotopic (exact) mass is 263 g/mol. The van der Waals surface area contributed by atoms with Crippen molar-refractivity contribution >= 4 is 21.7 Å². The molecule has 1 fully saturated rings. The summed E-state index contributed by atoms with van der Waals surface area (Å²) in [6, 6.07) is 0. The van der Waals surface area contributed by atoms with E-state index in [0.717, 1.165) is 0 Å². The molecule has 1 amide bonds. The third kappa shape index (κ3) is 5.16. The Morgan fingerprint density at radius 2 is 2.12 bits per heavy atom. The second kappa shape index (κ2) is 6.00. The highest BCUT2D eigenvalue weighted by atomic mass is 32.2. The van der Waals surface area contributed by atoms with Gasteiger partial charge in [0, 0.05) is 6.42 Å². The standard InChI is InChI=1S/C10H17NO5S/c1-2-16-10(13)6-11-9(12)5-8-3-4-17(14,15)7-8/h8H,2-7H2,1H3,(H,11,12). The Bertz CT molecular complexity index is 390. The zero-order valence-electron chi connectivity index (χ0n) is 9.77. The van der Waals surface area contributed by atoms with Crippen LogP contribution in [0.3, 0.4) is 0 Å². The van der Waals surface area contributed by atoms with E-state index in [0.29, 0.717) is 6.42 Å². The largest absolute Gasteiger partial charge is 0.465 e.